The maximum Gasteiger partial charge on any atom is 0.373 e. The number of nitrogens with one attached hydrogen (secondary N) is 1. The second-order valence-corrected chi connectivity index (χ2v) is 5.39. The highest BCUT2D eigenvalue weighted by Crippen LogP contribution is 2.20. The Hall–Kier alpha value is -1.87. The third-order valence-electron chi connectivity index (χ3n) is 2.25. The lowest BCUT2D eigenvalue weighted by Gasteiger charge is -2.08. The van der Waals surface area contributed by atoms with Crippen molar-refractivity contribution in [3.05, 3.63) is 17.6 Å². The van der Waals surface area contributed by atoms with Crippen molar-refractivity contribution >= 4 is 22.0 Å². The van der Waals surface area contributed by atoms with Gasteiger partial charge in [-0.1, -0.05) is 0 Å². The lowest BCUT2D eigenvalue weighted by Crippen LogP contribution is -2.38. The predicted octanol–water partition coefficient (Wildman–Crippen LogP) is 0.126. The van der Waals surface area contributed by atoms with Gasteiger partial charge in [-0.05, 0) is 13.8 Å². The van der Waals surface area contributed by atoms with Crippen LogP contribution in [0.15, 0.2) is 15.4 Å². The highest BCUT2D eigenvalue weighted by atomic mass is 32.2. The van der Waals surface area contributed by atoms with Gasteiger partial charge in [-0.25, -0.2) is 13.2 Å². The number of furan rings is 1. The van der Waals surface area contributed by atoms with E-state index in [1.807, 2.05) is 4.72 Å². The molecule has 0 saturated carbocycles. The molecule has 1 rings (SSSR count). The molecule has 19 heavy (non-hydrogen) atoms. The maximum atomic E-state index is 11.9. The fourth-order valence-corrected chi connectivity index (χ4v) is 2.66. The van der Waals surface area contributed by atoms with Crippen LogP contribution in [0.3, 0.4) is 0 Å². The lowest BCUT2D eigenvalue weighted by molar-refractivity contribution is -0.138. The molecule has 0 saturated heterocycles. The Morgan fingerprint density at radius 2 is 2.05 bits per heavy atom. The minimum absolute atomic E-state index is 0.0366. The zero-order valence-corrected chi connectivity index (χ0v) is 11.3. The monoisotopic (exact) mass is 291 g/mol. The average molecular weight is 291 g/mol. The van der Waals surface area contributed by atoms with Crippen molar-refractivity contribution < 1.29 is 32.3 Å². The molecule has 0 amide bonds. The molecule has 0 aromatic carbocycles. The number of rotatable bonds is 5. The fourth-order valence-electron chi connectivity index (χ4n) is 1.28. The number of ether oxygens (including phenoxy) is 1. The van der Waals surface area contributed by atoms with E-state index in [1.165, 1.54) is 13.8 Å². The van der Waals surface area contributed by atoms with Crippen LogP contribution in [-0.4, -0.2) is 38.6 Å². The summed E-state index contributed by atoms with van der Waals surface area (Å²) in [6.45, 7) is 2.52. The van der Waals surface area contributed by atoms with Crippen molar-refractivity contribution in [3.8, 4) is 0 Å². The Morgan fingerprint density at radius 1 is 1.47 bits per heavy atom. The summed E-state index contributed by atoms with van der Waals surface area (Å²) in [7, 11) is -2.96. The van der Waals surface area contributed by atoms with Gasteiger partial charge in [0.25, 0.3) is 0 Å². The largest absolute Gasteiger partial charge is 0.480 e. The van der Waals surface area contributed by atoms with Crippen molar-refractivity contribution in [2.24, 2.45) is 0 Å². The Morgan fingerprint density at radius 3 is 2.53 bits per heavy atom. The van der Waals surface area contributed by atoms with E-state index in [1.54, 1.807) is 0 Å². The smallest absolute Gasteiger partial charge is 0.373 e. The van der Waals surface area contributed by atoms with Crippen LogP contribution in [-0.2, 0) is 19.6 Å². The molecule has 0 spiro atoms. The molecule has 1 heterocycles. The highest BCUT2D eigenvalue weighted by Gasteiger charge is 2.27. The predicted molar refractivity (Wildman–Crippen MR) is 62.2 cm³/mol. The van der Waals surface area contributed by atoms with Gasteiger partial charge < -0.3 is 14.3 Å². The minimum Gasteiger partial charge on any atom is -0.480 e. The molecule has 0 aliphatic heterocycles. The number of hydrogen-bond acceptors (Lipinski definition) is 6. The molecule has 1 aromatic rings. The van der Waals surface area contributed by atoms with E-state index < -0.39 is 28.0 Å². The molecule has 0 radical (unpaired) electrons. The van der Waals surface area contributed by atoms with Gasteiger partial charge in [0.2, 0.25) is 15.8 Å². The molecule has 1 atom stereocenters. The lowest BCUT2D eigenvalue weighted by atomic mass is 10.4. The SMILES string of the molecule is COC(=O)c1cc(S(=O)(=O)N[C@H](C)C(=O)O)c(C)o1. The number of sulfonamides is 1. The summed E-state index contributed by atoms with van der Waals surface area (Å²) in [5, 5.41) is 8.67. The molecule has 0 aliphatic rings. The van der Waals surface area contributed by atoms with Gasteiger partial charge in [0.05, 0.1) is 7.11 Å². The summed E-state index contributed by atoms with van der Waals surface area (Å²) >= 11 is 0. The Balaban J connectivity index is 3.12. The summed E-state index contributed by atoms with van der Waals surface area (Å²) in [6.07, 6.45) is 0. The second kappa shape index (κ2) is 5.41. The van der Waals surface area contributed by atoms with E-state index in [-0.39, 0.29) is 16.4 Å². The standard InChI is InChI=1S/C10H13NO7S/c1-5(9(12)13)11-19(15,16)8-4-7(10(14)17-3)18-6(8)2/h4-5,11H,1-3H3,(H,12,13)/t5-/m1/s1. The van der Waals surface area contributed by atoms with E-state index >= 15 is 0 Å². The highest BCUT2D eigenvalue weighted by molar-refractivity contribution is 7.89. The van der Waals surface area contributed by atoms with Crippen molar-refractivity contribution in [3.63, 3.8) is 0 Å². The summed E-state index contributed by atoms with van der Waals surface area (Å²) in [5.74, 6) is -2.46. The van der Waals surface area contributed by atoms with E-state index in [2.05, 4.69) is 4.74 Å². The summed E-state index contributed by atoms with van der Waals surface area (Å²) in [6, 6.07) is -0.321. The number of carboxylic acids is 1. The van der Waals surface area contributed by atoms with Crippen LogP contribution in [0.25, 0.3) is 0 Å². The van der Waals surface area contributed by atoms with Crippen molar-refractivity contribution in [1.29, 1.82) is 0 Å². The van der Waals surface area contributed by atoms with Crippen LogP contribution in [0.1, 0.15) is 23.2 Å². The van der Waals surface area contributed by atoms with Gasteiger partial charge in [-0.15, -0.1) is 0 Å². The van der Waals surface area contributed by atoms with Gasteiger partial charge in [-0.3, -0.25) is 4.79 Å². The van der Waals surface area contributed by atoms with E-state index in [9.17, 15) is 18.0 Å². The van der Waals surface area contributed by atoms with Crippen LogP contribution in [0.4, 0.5) is 0 Å². The summed E-state index contributed by atoms with van der Waals surface area (Å²) in [4.78, 5) is 21.5. The molecule has 1 aromatic heterocycles. The molecule has 0 bridgehead atoms. The number of aryl methyl sites for hydroxylation is 1. The number of carbonyl (C=O) groups is 2. The average Bonchev–Trinajstić information content (AvgIpc) is 2.70. The Kier molecular flexibility index (Phi) is 4.32. The molecule has 106 valence electrons. The van der Waals surface area contributed by atoms with Crippen LogP contribution in [0.5, 0.6) is 0 Å². The number of aliphatic carboxylic acids is 1. The number of hydrogen-bond donors (Lipinski definition) is 2. The molecule has 9 heteroatoms. The maximum absolute atomic E-state index is 11.9. The van der Waals surface area contributed by atoms with Crippen molar-refractivity contribution in [2.45, 2.75) is 24.8 Å². The first kappa shape index (κ1) is 15.2. The molecular formula is C10H13NO7S. The zero-order valence-electron chi connectivity index (χ0n) is 10.5. The summed E-state index contributed by atoms with van der Waals surface area (Å²) < 4.78 is 35.1. The first-order chi connectivity index (χ1) is 8.69. The fraction of sp³-hybridized carbons (Fsp3) is 0.400. The summed E-state index contributed by atoms with van der Waals surface area (Å²) in [5.41, 5.74) is 0. The number of carbonyl (C=O) groups excluding carboxylic acids is 1. The van der Waals surface area contributed by atoms with Crippen molar-refractivity contribution in [1.82, 2.24) is 4.72 Å². The second-order valence-electron chi connectivity index (χ2n) is 3.70. The number of methoxy groups -OCH3 is 1. The Bertz CT molecular complexity index is 601. The number of carboxylic acid groups (broad SMARTS) is 1. The van der Waals surface area contributed by atoms with E-state index in [0.29, 0.717) is 0 Å². The van der Waals surface area contributed by atoms with Gasteiger partial charge in [0.15, 0.2) is 0 Å². The van der Waals surface area contributed by atoms with Gasteiger partial charge >= 0.3 is 11.9 Å². The first-order valence-corrected chi connectivity index (χ1v) is 6.61. The van der Waals surface area contributed by atoms with Crippen molar-refractivity contribution in [2.75, 3.05) is 7.11 Å². The molecule has 8 nitrogen and oxygen atoms in total. The minimum atomic E-state index is -4.09. The number of esters is 1. The molecule has 2 N–H and O–H groups in total. The Labute approximate surface area is 109 Å². The molecule has 0 aliphatic carbocycles. The topological polar surface area (TPSA) is 123 Å². The van der Waals surface area contributed by atoms with Gasteiger partial charge in [0, 0.05) is 6.07 Å². The van der Waals surface area contributed by atoms with Gasteiger partial charge in [0.1, 0.15) is 16.7 Å². The zero-order chi connectivity index (χ0) is 14.8. The normalized spacial score (nSPS) is 13.0. The van der Waals surface area contributed by atoms with Crippen LogP contribution < -0.4 is 4.72 Å². The van der Waals surface area contributed by atoms with Crippen LogP contribution >= 0.6 is 0 Å². The van der Waals surface area contributed by atoms with Crippen LogP contribution in [0.2, 0.25) is 0 Å². The molecule has 0 unspecified atom stereocenters. The first-order valence-electron chi connectivity index (χ1n) is 5.13. The quantitative estimate of drug-likeness (QED) is 0.739. The van der Waals surface area contributed by atoms with Crippen LogP contribution in [0, 0.1) is 6.92 Å². The molecule has 0 fully saturated rings. The van der Waals surface area contributed by atoms with E-state index in [0.717, 1.165) is 13.2 Å². The third kappa shape index (κ3) is 3.32. The third-order valence-corrected chi connectivity index (χ3v) is 3.90. The van der Waals surface area contributed by atoms with E-state index in [4.69, 9.17) is 9.52 Å². The molecular weight excluding hydrogens is 278 g/mol. The van der Waals surface area contributed by atoms with Gasteiger partial charge in [-0.2, -0.15) is 4.72 Å².